The molecule has 1 aromatic heterocycles. The summed E-state index contributed by atoms with van der Waals surface area (Å²) in [6, 6.07) is 1.77. The van der Waals surface area contributed by atoms with Gasteiger partial charge in [0.15, 0.2) is 0 Å². The molecule has 18 heavy (non-hydrogen) atoms. The molecule has 1 aromatic rings. The van der Waals surface area contributed by atoms with Gasteiger partial charge in [-0.2, -0.15) is 4.31 Å². The monoisotopic (exact) mass is 269 g/mol. The van der Waals surface area contributed by atoms with Gasteiger partial charge < -0.3 is 9.88 Å². The lowest BCUT2D eigenvalue weighted by Gasteiger charge is -2.23. The SMILES string of the molecule is CC1C2CNCC2CN1S(=O)(=O)c1ccn(C)c1. The van der Waals surface area contributed by atoms with Gasteiger partial charge in [0, 0.05) is 32.0 Å². The van der Waals surface area contributed by atoms with Crippen LogP contribution in [-0.4, -0.2) is 43.0 Å². The standard InChI is InChI=1S/C12H19N3O2S/c1-9-12-6-13-5-10(12)7-15(9)18(16,17)11-3-4-14(2)8-11/h3-4,8-10,12-13H,5-7H2,1-2H3. The Hall–Kier alpha value is -0.850. The fourth-order valence-corrected chi connectivity index (χ4v) is 5.00. The Balaban J connectivity index is 1.91. The summed E-state index contributed by atoms with van der Waals surface area (Å²) in [4.78, 5) is 0.407. The highest BCUT2D eigenvalue weighted by molar-refractivity contribution is 7.89. The average Bonchev–Trinajstić information content (AvgIpc) is 2.96. The van der Waals surface area contributed by atoms with Gasteiger partial charge in [-0.25, -0.2) is 8.42 Å². The number of aryl methyl sites for hydroxylation is 1. The fraction of sp³-hybridized carbons (Fsp3) is 0.667. The number of hydrogen-bond acceptors (Lipinski definition) is 3. The first kappa shape index (κ1) is 12.2. The minimum atomic E-state index is -3.32. The number of fused-ring (bicyclic) bond motifs is 1. The predicted octanol–water partition coefficient (Wildman–Crippen LogP) is 0.254. The molecule has 100 valence electrons. The first-order valence-corrected chi connectivity index (χ1v) is 7.78. The van der Waals surface area contributed by atoms with E-state index in [4.69, 9.17) is 0 Å². The van der Waals surface area contributed by atoms with Crippen LogP contribution in [0.5, 0.6) is 0 Å². The van der Waals surface area contributed by atoms with Crippen LogP contribution in [0.4, 0.5) is 0 Å². The van der Waals surface area contributed by atoms with Gasteiger partial charge in [-0.3, -0.25) is 0 Å². The summed E-state index contributed by atoms with van der Waals surface area (Å²) >= 11 is 0. The molecule has 0 aliphatic carbocycles. The van der Waals surface area contributed by atoms with Gasteiger partial charge in [0.2, 0.25) is 10.0 Å². The summed E-state index contributed by atoms with van der Waals surface area (Å²) in [7, 11) is -1.49. The Morgan fingerprint density at radius 3 is 2.78 bits per heavy atom. The maximum absolute atomic E-state index is 12.6. The van der Waals surface area contributed by atoms with Crippen LogP contribution in [0.1, 0.15) is 6.92 Å². The third-order valence-corrected chi connectivity index (χ3v) is 6.23. The first-order valence-electron chi connectivity index (χ1n) is 6.34. The lowest BCUT2D eigenvalue weighted by Crippen LogP contribution is -2.37. The molecule has 2 aliphatic rings. The minimum absolute atomic E-state index is 0.0928. The van der Waals surface area contributed by atoms with Crippen LogP contribution >= 0.6 is 0 Å². The molecule has 0 bridgehead atoms. The van der Waals surface area contributed by atoms with Crippen LogP contribution in [0.3, 0.4) is 0 Å². The highest BCUT2D eigenvalue weighted by Crippen LogP contribution is 2.35. The summed E-state index contributed by atoms with van der Waals surface area (Å²) < 4.78 is 28.6. The highest BCUT2D eigenvalue weighted by Gasteiger charge is 2.46. The molecule has 0 saturated carbocycles. The van der Waals surface area contributed by atoms with Crippen molar-refractivity contribution in [2.75, 3.05) is 19.6 Å². The lowest BCUT2D eigenvalue weighted by molar-refractivity contribution is 0.360. The molecular weight excluding hydrogens is 250 g/mol. The smallest absolute Gasteiger partial charge is 0.244 e. The quantitative estimate of drug-likeness (QED) is 0.837. The van der Waals surface area contributed by atoms with Crippen LogP contribution in [0.2, 0.25) is 0 Å². The number of sulfonamides is 1. The van der Waals surface area contributed by atoms with E-state index in [0.29, 0.717) is 23.3 Å². The second kappa shape index (κ2) is 4.08. The zero-order chi connectivity index (χ0) is 12.9. The first-order chi connectivity index (χ1) is 8.50. The van der Waals surface area contributed by atoms with Crippen molar-refractivity contribution in [3.05, 3.63) is 18.5 Å². The van der Waals surface area contributed by atoms with Gasteiger partial charge in [-0.15, -0.1) is 0 Å². The van der Waals surface area contributed by atoms with Crippen LogP contribution in [0, 0.1) is 11.8 Å². The van der Waals surface area contributed by atoms with Crippen molar-refractivity contribution in [3.63, 3.8) is 0 Å². The second-order valence-electron chi connectivity index (χ2n) is 5.41. The van der Waals surface area contributed by atoms with E-state index in [9.17, 15) is 8.42 Å². The zero-order valence-electron chi connectivity index (χ0n) is 10.7. The Kier molecular flexibility index (Phi) is 2.76. The van der Waals surface area contributed by atoms with Crippen molar-refractivity contribution < 1.29 is 8.42 Å². The molecule has 0 amide bonds. The van der Waals surface area contributed by atoms with Crippen molar-refractivity contribution in [1.82, 2.24) is 14.2 Å². The van der Waals surface area contributed by atoms with Crippen molar-refractivity contribution in [3.8, 4) is 0 Å². The van der Waals surface area contributed by atoms with Gasteiger partial charge in [0.25, 0.3) is 0 Å². The van der Waals surface area contributed by atoms with Crippen LogP contribution < -0.4 is 5.32 Å². The zero-order valence-corrected chi connectivity index (χ0v) is 11.5. The van der Waals surface area contributed by atoms with Gasteiger partial charge in [0.1, 0.15) is 0 Å². The van der Waals surface area contributed by atoms with E-state index in [2.05, 4.69) is 5.32 Å². The number of hydrogen-bond donors (Lipinski definition) is 1. The Bertz CT molecular complexity index is 551. The van der Waals surface area contributed by atoms with Crippen LogP contribution in [0.15, 0.2) is 23.4 Å². The molecule has 3 atom stereocenters. The van der Waals surface area contributed by atoms with E-state index in [1.165, 1.54) is 0 Å². The molecule has 0 spiro atoms. The molecule has 6 heteroatoms. The largest absolute Gasteiger partial charge is 0.356 e. The molecule has 1 N–H and O–H groups in total. The fourth-order valence-electron chi connectivity index (χ4n) is 3.21. The molecule has 3 rings (SSSR count). The third-order valence-electron chi connectivity index (χ3n) is 4.29. The molecule has 3 heterocycles. The third kappa shape index (κ3) is 1.71. The van der Waals surface area contributed by atoms with E-state index in [-0.39, 0.29) is 6.04 Å². The number of nitrogens with zero attached hydrogens (tertiary/aromatic N) is 2. The average molecular weight is 269 g/mol. The van der Waals surface area contributed by atoms with Crippen molar-refractivity contribution in [2.45, 2.75) is 17.9 Å². The van der Waals surface area contributed by atoms with Crippen molar-refractivity contribution >= 4 is 10.0 Å². The summed E-state index contributed by atoms with van der Waals surface area (Å²) in [5.41, 5.74) is 0. The Morgan fingerprint density at radius 1 is 1.39 bits per heavy atom. The predicted molar refractivity (Wildman–Crippen MR) is 68.6 cm³/mol. The second-order valence-corrected chi connectivity index (χ2v) is 7.30. The van der Waals surface area contributed by atoms with Gasteiger partial charge >= 0.3 is 0 Å². The number of aromatic nitrogens is 1. The molecule has 0 radical (unpaired) electrons. The minimum Gasteiger partial charge on any atom is -0.356 e. The summed E-state index contributed by atoms with van der Waals surface area (Å²) in [5, 5.41) is 3.34. The lowest BCUT2D eigenvalue weighted by atomic mass is 9.95. The number of rotatable bonds is 2. The topological polar surface area (TPSA) is 54.3 Å². The van der Waals surface area contributed by atoms with Crippen molar-refractivity contribution in [1.29, 1.82) is 0 Å². The van der Waals surface area contributed by atoms with E-state index in [0.717, 1.165) is 13.1 Å². The summed E-state index contributed by atoms with van der Waals surface area (Å²) in [6.07, 6.45) is 3.45. The molecular formula is C12H19N3O2S. The molecule has 2 saturated heterocycles. The molecule has 0 aromatic carbocycles. The van der Waals surface area contributed by atoms with Crippen LogP contribution in [0.25, 0.3) is 0 Å². The van der Waals surface area contributed by atoms with Gasteiger partial charge in [0.05, 0.1) is 4.90 Å². The van der Waals surface area contributed by atoms with E-state index >= 15 is 0 Å². The molecule has 2 fully saturated rings. The van der Waals surface area contributed by atoms with E-state index in [1.54, 1.807) is 27.3 Å². The molecule has 2 aliphatic heterocycles. The molecule has 3 unspecified atom stereocenters. The molecule has 5 nitrogen and oxygen atoms in total. The van der Waals surface area contributed by atoms with Gasteiger partial charge in [-0.1, -0.05) is 0 Å². The summed E-state index contributed by atoms with van der Waals surface area (Å²) in [5.74, 6) is 0.932. The maximum Gasteiger partial charge on any atom is 0.244 e. The Morgan fingerprint density at radius 2 is 2.17 bits per heavy atom. The number of nitrogens with one attached hydrogen (secondary N) is 1. The van der Waals surface area contributed by atoms with Crippen LogP contribution in [-0.2, 0) is 17.1 Å². The van der Waals surface area contributed by atoms with E-state index < -0.39 is 10.0 Å². The van der Waals surface area contributed by atoms with Crippen molar-refractivity contribution in [2.24, 2.45) is 18.9 Å². The van der Waals surface area contributed by atoms with Gasteiger partial charge in [-0.05, 0) is 37.9 Å². The normalized spacial score (nSPS) is 32.9. The highest BCUT2D eigenvalue weighted by atomic mass is 32.2. The Labute approximate surface area is 108 Å². The van der Waals surface area contributed by atoms with E-state index in [1.807, 2.05) is 14.0 Å². The summed E-state index contributed by atoms with van der Waals surface area (Å²) in [6.45, 7) is 4.55. The maximum atomic E-state index is 12.6.